The van der Waals surface area contributed by atoms with Crippen LogP contribution < -0.4 is 3.97 Å². The Morgan fingerprint density at radius 3 is 2.38 bits per heavy atom. The van der Waals surface area contributed by atoms with Crippen molar-refractivity contribution in [2.45, 2.75) is 11.8 Å². The van der Waals surface area contributed by atoms with E-state index >= 15 is 0 Å². The second kappa shape index (κ2) is 4.93. The molecule has 0 atom stereocenters. The number of rotatable bonds is 2. The lowest BCUT2D eigenvalue weighted by Crippen LogP contribution is -2.41. The standard InChI is InChI=1S/C16H13FNO2S/c1-12-2-6-16(7-3-12)21(19,20)18-9-8-13-10-15(17)5-4-14(13)11-18/h2-11H,1H3/q+1. The molecule has 3 aromatic rings. The molecule has 0 saturated heterocycles. The molecule has 0 unspecified atom stereocenters. The number of pyridine rings is 1. The van der Waals surface area contributed by atoms with E-state index in [9.17, 15) is 12.8 Å². The van der Waals surface area contributed by atoms with Gasteiger partial charge in [-0.1, -0.05) is 21.7 Å². The molecule has 1 aromatic heterocycles. The van der Waals surface area contributed by atoms with Gasteiger partial charge in [-0.25, -0.2) is 4.39 Å². The van der Waals surface area contributed by atoms with Crippen LogP contribution in [0.15, 0.2) is 65.8 Å². The van der Waals surface area contributed by atoms with Gasteiger partial charge in [-0.15, -0.1) is 0 Å². The van der Waals surface area contributed by atoms with Gasteiger partial charge in [-0.3, -0.25) is 0 Å². The normalized spacial score (nSPS) is 11.7. The summed E-state index contributed by atoms with van der Waals surface area (Å²) in [7, 11) is -3.63. The van der Waals surface area contributed by atoms with Crippen molar-refractivity contribution in [3.63, 3.8) is 0 Å². The number of benzene rings is 2. The van der Waals surface area contributed by atoms with Crippen LogP contribution in [0.2, 0.25) is 0 Å². The van der Waals surface area contributed by atoms with Gasteiger partial charge in [0, 0.05) is 11.5 Å². The molecule has 0 aliphatic rings. The third-order valence-electron chi connectivity index (χ3n) is 3.31. The first kappa shape index (κ1) is 13.7. The largest absolute Gasteiger partial charge is 0.399 e. The van der Waals surface area contributed by atoms with E-state index in [1.54, 1.807) is 36.4 Å². The number of hydrogen-bond acceptors (Lipinski definition) is 2. The maximum Gasteiger partial charge on any atom is 0.399 e. The predicted molar refractivity (Wildman–Crippen MR) is 77.9 cm³/mol. The molecular formula is C16H13FNO2S+. The van der Waals surface area contributed by atoms with Gasteiger partial charge in [-0.05, 0) is 42.6 Å². The Morgan fingerprint density at radius 1 is 0.952 bits per heavy atom. The van der Waals surface area contributed by atoms with Crippen LogP contribution in [-0.4, -0.2) is 8.42 Å². The fourth-order valence-corrected chi connectivity index (χ4v) is 3.32. The average molecular weight is 302 g/mol. The molecule has 106 valence electrons. The highest BCUT2D eigenvalue weighted by Crippen LogP contribution is 2.15. The van der Waals surface area contributed by atoms with Crippen molar-refractivity contribution in [1.82, 2.24) is 0 Å². The van der Waals surface area contributed by atoms with Gasteiger partial charge in [0.25, 0.3) is 0 Å². The van der Waals surface area contributed by atoms with Crippen molar-refractivity contribution in [3.05, 3.63) is 72.3 Å². The smallest absolute Gasteiger partial charge is 0.207 e. The van der Waals surface area contributed by atoms with E-state index in [2.05, 4.69) is 0 Å². The molecule has 0 radical (unpaired) electrons. The molecule has 0 fully saturated rings. The molecule has 0 amide bonds. The lowest BCUT2D eigenvalue weighted by Gasteiger charge is -2.01. The van der Waals surface area contributed by atoms with Crippen molar-refractivity contribution >= 4 is 20.8 Å². The molecular weight excluding hydrogens is 289 g/mol. The number of fused-ring (bicyclic) bond motifs is 1. The van der Waals surface area contributed by atoms with Crippen molar-refractivity contribution in [3.8, 4) is 0 Å². The molecule has 0 bridgehead atoms. The van der Waals surface area contributed by atoms with Crippen LogP contribution in [0.1, 0.15) is 5.56 Å². The molecule has 3 nitrogen and oxygen atoms in total. The summed E-state index contributed by atoms with van der Waals surface area (Å²) in [5, 5.41) is 1.32. The third kappa shape index (κ3) is 2.52. The Hall–Kier alpha value is -2.27. The van der Waals surface area contributed by atoms with Gasteiger partial charge in [0.15, 0.2) is 12.4 Å². The molecule has 3 rings (SSSR count). The molecule has 21 heavy (non-hydrogen) atoms. The first-order valence-corrected chi connectivity index (χ1v) is 7.84. The molecule has 0 saturated carbocycles. The summed E-state index contributed by atoms with van der Waals surface area (Å²) in [6, 6.07) is 12.5. The molecule has 0 N–H and O–H groups in total. The first-order chi connectivity index (χ1) is 9.96. The minimum absolute atomic E-state index is 0.222. The second-order valence-corrected chi connectivity index (χ2v) is 6.71. The molecule has 0 spiro atoms. The lowest BCUT2D eigenvalue weighted by molar-refractivity contribution is -0.509. The first-order valence-electron chi connectivity index (χ1n) is 6.40. The topological polar surface area (TPSA) is 38.0 Å². The van der Waals surface area contributed by atoms with Crippen LogP contribution >= 0.6 is 0 Å². The fourth-order valence-electron chi connectivity index (χ4n) is 2.12. The Balaban J connectivity index is 2.14. The molecule has 1 heterocycles. The Labute approximate surface area is 122 Å². The number of hydrogen-bond donors (Lipinski definition) is 0. The number of aromatic nitrogens is 1. The van der Waals surface area contributed by atoms with Crippen LogP contribution in [0.4, 0.5) is 4.39 Å². The van der Waals surface area contributed by atoms with Crippen LogP contribution in [0.5, 0.6) is 0 Å². The van der Waals surface area contributed by atoms with Crippen molar-refractivity contribution in [2.75, 3.05) is 0 Å². The lowest BCUT2D eigenvalue weighted by atomic mass is 10.2. The monoisotopic (exact) mass is 302 g/mol. The summed E-state index contributed by atoms with van der Waals surface area (Å²) >= 11 is 0. The molecule has 0 aliphatic carbocycles. The van der Waals surface area contributed by atoms with Gasteiger partial charge in [-0.2, -0.15) is 8.42 Å². The van der Waals surface area contributed by atoms with E-state index in [1.807, 2.05) is 6.92 Å². The Morgan fingerprint density at radius 2 is 1.67 bits per heavy atom. The van der Waals surface area contributed by atoms with Crippen LogP contribution in [0.3, 0.4) is 0 Å². The van der Waals surface area contributed by atoms with Gasteiger partial charge in [0.1, 0.15) is 10.7 Å². The van der Waals surface area contributed by atoms with Crippen molar-refractivity contribution < 1.29 is 16.8 Å². The highest BCUT2D eigenvalue weighted by atomic mass is 32.2. The summed E-state index contributed by atoms with van der Waals surface area (Å²) in [5.74, 6) is -0.346. The van der Waals surface area contributed by atoms with E-state index in [4.69, 9.17) is 0 Å². The van der Waals surface area contributed by atoms with Crippen LogP contribution in [0.25, 0.3) is 10.8 Å². The third-order valence-corrected chi connectivity index (χ3v) is 4.96. The summed E-state index contributed by atoms with van der Waals surface area (Å²) in [6.07, 6.45) is 2.92. The summed E-state index contributed by atoms with van der Waals surface area (Å²) in [6.45, 7) is 1.90. The fraction of sp³-hybridized carbons (Fsp3) is 0.0625. The van der Waals surface area contributed by atoms with E-state index in [0.29, 0.717) is 10.8 Å². The average Bonchev–Trinajstić information content (AvgIpc) is 2.47. The maximum atomic E-state index is 13.1. The number of nitrogens with zero attached hydrogens (tertiary/aromatic N) is 1. The number of halogens is 1. The van der Waals surface area contributed by atoms with Crippen molar-refractivity contribution in [1.29, 1.82) is 0 Å². The minimum atomic E-state index is -3.63. The second-order valence-electron chi connectivity index (χ2n) is 4.87. The maximum absolute atomic E-state index is 13.1. The Kier molecular flexibility index (Phi) is 3.22. The van der Waals surface area contributed by atoms with Gasteiger partial charge in [0.05, 0.1) is 0 Å². The predicted octanol–water partition coefficient (Wildman–Crippen LogP) is 2.81. The SMILES string of the molecule is Cc1ccc(S(=O)(=O)[n+]2ccc3cc(F)ccc3c2)cc1. The minimum Gasteiger partial charge on any atom is -0.207 e. The number of aryl methyl sites for hydroxylation is 1. The van der Waals surface area contributed by atoms with E-state index in [0.717, 1.165) is 9.54 Å². The van der Waals surface area contributed by atoms with E-state index < -0.39 is 10.0 Å². The molecule has 0 aliphatic heterocycles. The van der Waals surface area contributed by atoms with E-state index in [-0.39, 0.29) is 10.7 Å². The molecule has 5 heteroatoms. The van der Waals surface area contributed by atoms with E-state index in [1.165, 1.54) is 24.5 Å². The summed E-state index contributed by atoms with van der Waals surface area (Å²) in [4.78, 5) is 0.222. The summed E-state index contributed by atoms with van der Waals surface area (Å²) in [5.41, 5.74) is 0.993. The van der Waals surface area contributed by atoms with Crippen LogP contribution in [-0.2, 0) is 10.0 Å². The van der Waals surface area contributed by atoms with Crippen LogP contribution in [0, 0.1) is 12.7 Å². The molecule has 2 aromatic carbocycles. The highest BCUT2D eigenvalue weighted by Gasteiger charge is 2.24. The zero-order valence-corrected chi connectivity index (χ0v) is 12.1. The van der Waals surface area contributed by atoms with Gasteiger partial charge < -0.3 is 0 Å². The van der Waals surface area contributed by atoms with Gasteiger partial charge >= 0.3 is 10.0 Å². The Bertz CT molecular complexity index is 919. The van der Waals surface area contributed by atoms with Gasteiger partial charge in [0.2, 0.25) is 0 Å². The zero-order valence-electron chi connectivity index (χ0n) is 11.3. The highest BCUT2D eigenvalue weighted by molar-refractivity contribution is 7.85. The van der Waals surface area contributed by atoms with Crippen molar-refractivity contribution in [2.24, 2.45) is 0 Å². The quantitative estimate of drug-likeness (QED) is 0.683. The summed E-state index contributed by atoms with van der Waals surface area (Å²) < 4.78 is 39.4. The zero-order chi connectivity index (χ0) is 15.0.